The molecular weight excluding hydrogens is 771 g/mol. The van der Waals surface area contributed by atoms with E-state index in [2.05, 4.69) is 267 Å². The fourth-order valence-corrected chi connectivity index (χ4v) is 11.0. The van der Waals surface area contributed by atoms with Gasteiger partial charge in [0.25, 0.3) is 0 Å². The van der Waals surface area contributed by atoms with Gasteiger partial charge in [0.2, 0.25) is 0 Å². The van der Waals surface area contributed by atoms with Gasteiger partial charge in [-0.1, -0.05) is 218 Å². The lowest BCUT2D eigenvalue weighted by Gasteiger charge is -2.35. The maximum absolute atomic E-state index is 2.48. The van der Waals surface area contributed by atoms with Crippen molar-refractivity contribution < 1.29 is 0 Å². The van der Waals surface area contributed by atoms with Crippen molar-refractivity contribution in [3.63, 3.8) is 0 Å². The first kappa shape index (κ1) is 37.7. The van der Waals surface area contributed by atoms with E-state index in [1.54, 1.807) is 0 Å². The lowest BCUT2D eigenvalue weighted by atomic mass is 9.67. The number of fused-ring (bicyclic) bond motifs is 6. The zero-order valence-electron chi connectivity index (χ0n) is 35.7. The molecule has 2 aliphatic carbocycles. The topological polar surface area (TPSA) is 3.24 Å². The van der Waals surface area contributed by atoms with Gasteiger partial charge in [-0.15, -0.1) is 0 Å². The Hall–Kier alpha value is -8.00. The minimum Gasteiger partial charge on any atom is -0.310 e. The number of hydrogen-bond donors (Lipinski definition) is 0. The Kier molecular flexibility index (Phi) is 8.91. The molecule has 1 nitrogen and oxygen atoms in total. The summed E-state index contributed by atoms with van der Waals surface area (Å²) >= 11 is 0. The van der Waals surface area contributed by atoms with E-state index in [4.69, 9.17) is 0 Å². The van der Waals surface area contributed by atoms with Gasteiger partial charge >= 0.3 is 0 Å². The van der Waals surface area contributed by atoms with Gasteiger partial charge in [0.05, 0.1) is 5.41 Å². The van der Waals surface area contributed by atoms with Crippen LogP contribution in [0.4, 0.5) is 17.1 Å². The van der Waals surface area contributed by atoms with Crippen molar-refractivity contribution in [2.45, 2.75) is 17.8 Å². The SMILES string of the molecule is CC1(c2ccccc2)c2ccccc2-c2ccc(N(c3ccc(-c4ccc(-c5ccccc5)cc4)cc3)c3ccc4c(c3)C(c3ccccc3)(c3ccccc3)c3ccccc3-4)cc21. The van der Waals surface area contributed by atoms with E-state index >= 15 is 0 Å². The van der Waals surface area contributed by atoms with E-state index < -0.39 is 5.41 Å². The fraction of sp³-hybridized carbons (Fsp3) is 0.0476. The maximum atomic E-state index is 2.48. The standard InChI is InChI=1S/C63H45N/c1-62(48-20-8-3-9-21-48)58-28-16-14-26-54(58)56-40-38-52(42-60(56)62)64(51-36-34-47(35-37-51)46-32-30-45(31-33-46)44-18-6-2-7-19-44)53-39-41-57-55-27-15-17-29-59(55)63(61(57)43-53,49-22-10-4-11-23-49)50-24-12-5-13-25-50/h2-43H,1H3. The molecule has 0 radical (unpaired) electrons. The van der Waals surface area contributed by atoms with Gasteiger partial charge in [0, 0.05) is 22.5 Å². The van der Waals surface area contributed by atoms with Gasteiger partial charge in [0.1, 0.15) is 0 Å². The third kappa shape index (κ3) is 5.78. The molecule has 0 aromatic heterocycles. The van der Waals surface area contributed by atoms with Crippen LogP contribution < -0.4 is 4.90 Å². The number of anilines is 3. The molecular formula is C63H45N. The van der Waals surface area contributed by atoms with Crippen LogP contribution in [0.15, 0.2) is 255 Å². The summed E-state index contributed by atoms with van der Waals surface area (Å²) in [6.45, 7) is 2.40. The summed E-state index contributed by atoms with van der Waals surface area (Å²) in [7, 11) is 0. The number of benzene rings is 10. The average molecular weight is 816 g/mol. The summed E-state index contributed by atoms with van der Waals surface area (Å²) in [5.41, 5.74) is 21.5. The Morgan fingerprint density at radius 1 is 0.266 bits per heavy atom. The highest BCUT2D eigenvalue weighted by atomic mass is 15.1. The summed E-state index contributed by atoms with van der Waals surface area (Å²) in [6.07, 6.45) is 0. The largest absolute Gasteiger partial charge is 0.310 e. The van der Waals surface area contributed by atoms with Gasteiger partial charge in [-0.05, 0) is 127 Å². The quantitative estimate of drug-likeness (QED) is 0.148. The predicted octanol–water partition coefficient (Wildman–Crippen LogP) is 16.2. The third-order valence-corrected chi connectivity index (χ3v) is 14.1. The van der Waals surface area contributed by atoms with Crippen LogP contribution in [0.1, 0.15) is 45.9 Å². The molecule has 1 heteroatoms. The minimum atomic E-state index is -0.517. The first-order chi connectivity index (χ1) is 31.6. The molecule has 0 amide bonds. The van der Waals surface area contributed by atoms with Crippen LogP contribution in [0.3, 0.4) is 0 Å². The Labute approximate surface area is 376 Å². The van der Waals surface area contributed by atoms with Gasteiger partial charge in [-0.3, -0.25) is 0 Å². The van der Waals surface area contributed by atoms with E-state index in [1.165, 1.54) is 83.5 Å². The Bertz CT molecular complexity index is 3260. The summed E-state index contributed by atoms with van der Waals surface area (Å²) in [5.74, 6) is 0. The molecule has 0 fully saturated rings. The second kappa shape index (κ2) is 15.1. The van der Waals surface area contributed by atoms with Crippen LogP contribution in [0.2, 0.25) is 0 Å². The first-order valence-electron chi connectivity index (χ1n) is 22.3. The van der Waals surface area contributed by atoms with Crippen molar-refractivity contribution in [2.24, 2.45) is 0 Å². The zero-order valence-corrected chi connectivity index (χ0v) is 35.7. The molecule has 12 rings (SSSR count). The van der Waals surface area contributed by atoms with Gasteiger partial charge in [-0.25, -0.2) is 0 Å². The molecule has 10 aromatic rings. The van der Waals surface area contributed by atoms with Crippen LogP contribution in [-0.2, 0) is 10.8 Å². The number of nitrogens with zero attached hydrogens (tertiary/aromatic N) is 1. The third-order valence-electron chi connectivity index (χ3n) is 14.1. The van der Waals surface area contributed by atoms with Gasteiger partial charge in [-0.2, -0.15) is 0 Å². The van der Waals surface area contributed by atoms with Crippen LogP contribution >= 0.6 is 0 Å². The summed E-state index contributed by atoms with van der Waals surface area (Å²) in [6, 6.07) is 94.1. The molecule has 1 atom stereocenters. The molecule has 1 unspecified atom stereocenters. The van der Waals surface area contributed by atoms with Gasteiger partial charge in [0.15, 0.2) is 0 Å². The van der Waals surface area contributed by atoms with E-state index in [0.29, 0.717) is 0 Å². The molecule has 2 aliphatic rings. The highest BCUT2D eigenvalue weighted by Gasteiger charge is 2.46. The molecule has 0 saturated carbocycles. The first-order valence-corrected chi connectivity index (χ1v) is 22.3. The number of hydrogen-bond acceptors (Lipinski definition) is 1. The highest BCUT2D eigenvalue weighted by Crippen LogP contribution is 2.58. The second-order valence-electron chi connectivity index (χ2n) is 17.3. The molecule has 0 N–H and O–H groups in total. The summed E-state index contributed by atoms with van der Waals surface area (Å²) < 4.78 is 0. The van der Waals surface area contributed by atoms with Crippen molar-refractivity contribution in [1.29, 1.82) is 0 Å². The molecule has 302 valence electrons. The van der Waals surface area contributed by atoms with E-state index in [-0.39, 0.29) is 5.41 Å². The monoisotopic (exact) mass is 815 g/mol. The maximum Gasteiger partial charge on any atom is 0.0714 e. The minimum absolute atomic E-state index is 0.333. The molecule has 0 saturated heterocycles. The fourth-order valence-electron chi connectivity index (χ4n) is 11.0. The van der Waals surface area contributed by atoms with Crippen molar-refractivity contribution >= 4 is 17.1 Å². The predicted molar refractivity (Wildman–Crippen MR) is 267 cm³/mol. The molecule has 64 heavy (non-hydrogen) atoms. The van der Waals surface area contributed by atoms with Crippen LogP contribution in [-0.4, -0.2) is 0 Å². The summed E-state index contributed by atoms with van der Waals surface area (Å²) in [5, 5.41) is 0. The average Bonchev–Trinajstić information content (AvgIpc) is 3.82. The van der Waals surface area contributed by atoms with Crippen molar-refractivity contribution in [2.75, 3.05) is 4.90 Å². The van der Waals surface area contributed by atoms with Crippen molar-refractivity contribution in [3.05, 3.63) is 294 Å². The smallest absolute Gasteiger partial charge is 0.0714 e. The number of rotatable bonds is 8. The molecule has 0 heterocycles. The van der Waals surface area contributed by atoms with E-state index in [9.17, 15) is 0 Å². The van der Waals surface area contributed by atoms with Crippen LogP contribution in [0.5, 0.6) is 0 Å². The molecule has 0 bridgehead atoms. The van der Waals surface area contributed by atoms with Crippen molar-refractivity contribution in [3.8, 4) is 44.5 Å². The Balaban J connectivity index is 1.06. The highest BCUT2D eigenvalue weighted by molar-refractivity contribution is 5.91. The summed E-state index contributed by atoms with van der Waals surface area (Å²) in [4.78, 5) is 2.47. The zero-order chi connectivity index (χ0) is 42.7. The lowest BCUT2D eigenvalue weighted by Crippen LogP contribution is -2.28. The Morgan fingerprint density at radius 3 is 1.17 bits per heavy atom. The molecule has 0 aliphatic heterocycles. The van der Waals surface area contributed by atoms with Crippen LogP contribution in [0.25, 0.3) is 44.5 Å². The van der Waals surface area contributed by atoms with E-state index in [1.807, 2.05) is 0 Å². The molecule has 0 spiro atoms. The Morgan fingerprint density at radius 2 is 0.625 bits per heavy atom. The van der Waals surface area contributed by atoms with Crippen molar-refractivity contribution in [1.82, 2.24) is 0 Å². The molecule has 10 aromatic carbocycles. The second-order valence-corrected chi connectivity index (χ2v) is 17.3. The lowest BCUT2D eigenvalue weighted by molar-refractivity contribution is 0.714. The normalized spacial score (nSPS) is 15.1. The van der Waals surface area contributed by atoms with Gasteiger partial charge < -0.3 is 4.90 Å². The van der Waals surface area contributed by atoms with Crippen LogP contribution in [0, 0.1) is 0 Å². The van der Waals surface area contributed by atoms with E-state index in [0.717, 1.165) is 17.1 Å².